The van der Waals surface area contributed by atoms with Crippen LogP contribution in [0.5, 0.6) is 0 Å². The molecule has 1 aliphatic rings. The molecular weight excluding hydrogens is 202 g/mol. The van der Waals surface area contributed by atoms with Gasteiger partial charge in [0.2, 0.25) is 0 Å². The van der Waals surface area contributed by atoms with Crippen LogP contribution in [0.3, 0.4) is 0 Å². The average molecular weight is 223 g/mol. The van der Waals surface area contributed by atoms with Gasteiger partial charge in [-0.15, -0.1) is 0 Å². The van der Waals surface area contributed by atoms with Crippen LogP contribution in [0.4, 0.5) is 0 Å². The predicted molar refractivity (Wildman–Crippen MR) is 63.3 cm³/mol. The number of hydrogen-bond acceptors (Lipinski definition) is 3. The van der Waals surface area contributed by atoms with Crippen molar-refractivity contribution in [3.8, 4) is 0 Å². The summed E-state index contributed by atoms with van der Waals surface area (Å²) in [7, 11) is 1.99. The van der Waals surface area contributed by atoms with Crippen LogP contribution in [-0.4, -0.2) is 29.0 Å². The van der Waals surface area contributed by atoms with E-state index in [-0.39, 0.29) is 12.1 Å². The first kappa shape index (κ1) is 11.6. The zero-order chi connectivity index (χ0) is 11.5. The lowest BCUT2D eigenvalue weighted by Crippen LogP contribution is -2.31. The minimum absolute atomic E-state index is 0.257. The Morgan fingerprint density at radius 3 is 3.00 bits per heavy atom. The van der Waals surface area contributed by atoms with Crippen molar-refractivity contribution in [1.82, 2.24) is 15.1 Å². The predicted octanol–water partition coefficient (Wildman–Crippen LogP) is 1.73. The maximum Gasteiger partial charge on any atom is 0.0789 e. The van der Waals surface area contributed by atoms with Crippen LogP contribution in [0.25, 0.3) is 0 Å². The summed E-state index contributed by atoms with van der Waals surface area (Å²) in [5.74, 6) is 0. The Labute approximate surface area is 97.0 Å². The fourth-order valence-corrected chi connectivity index (χ4v) is 2.47. The minimum atomic E-state index is 0.257. The molecule has 2 heterocycles. The molecule has 1 N–H and O–H groups in total. The second kappa shape index (κ2) is 4.97. The Kier molecular flexibility index (Phi) is 3.61. The molecule has 0 aliphatic carbocycles. The molecule has 1 saturated heterocycles. The molecule has 0 amide bonds. The van der Waals surface area contributed by atoms with Crippen molar-refractivity contribution in [1.29, 1.82) is 0 Å². The van der Waals surface area contributed by atoms with Gasteiger partial charge in [-0.05, 0) is 39.8 Å². The van der Waals surface area contributed by atoms with E-state index in [9.17, 15) is 0 Å². The summed E-state index contributed by atoms with van der Waals surface area (Å²) in [4.78, 5) is 0. The van der Waals surface area contributed by atoms with E-state index in [1.165, 1.54) is 5.69 Å². The standard InChI is InChI=1S/C12H21N3O/c1-4-15-10(7-8-14-15)12(13-3)11-6-5-9(2)16-11/h7-9,11-13H,4-6H2,1-3H3. The SMILES string of the molecule is CCn1nccc1C(NC)C1CCC(C)O1. The zero-order valence-electron chi connectivity index (χ0n) is 10.3. The van der Waals surface area contributed by atoms with E-state index in [0.717, 1.165) is 19.4 Å². The summed E-state index contributed by atoms with van der Waals surface area (Å²) in [6.45, 7) is 5.16. The van der Waals surface area contributed by atoms with Crippen LogP contribution in [0.1, 0.15) is 38.4 Å². The summed E-state index contributed by atoms with van der Waals surface area (Å²) in [6.07, 6.45) is 4.81. The van der Waals surface area contributed by atoms with Crippen molar-refractivity contribution in [2.45, 2.75) is 51.5 Å². The Hall–Kier alpha value is -0.870. The van der Waals surface area contributed by atoms with Crippen molar-refractivity contribution in [3.63, 3.8) is 0 Å². The summed E-state index contributed by atoms with van der Waals surface area (Å²) in [6, 6.07) is 2.34. The van der Waals surface area contributed by atoms with Gasteiger partial charge in [0.15, 0.2) is 0 Å². The molecule has 3 atom stereocenters. The van der Waals surface area contributed by atoms with Gasteiger partial charge in [0, 0.05) is 12.7 Å². The Morgan fingerprint density at radius 2 is 2.44 bits per heavy atom. The highest BCUT2D eigenvalue weighted by atomic mass is 16.5. The van der Waals surface area contributed by atoms with E-state index in [1.54, 1.807) is 0 Å². The molecule has 1 aromatic rings. The molecular formula is C12H21N3O. The van der Waals surface area contributed by atoms with E-state index < -0.39 is 0 Å². The number of aromatic nitrogens is 2. The number of rotatable bonds is 4. The second-order valence-corrected chi connectivity index (χ2v) is 4.40. The van der Waals surface area contributed by atoms with Crippen LogP contribution in [-0.2, 0) is 11.3 Å². The van der Waals surface area contributed by atoms with Crippen LogP contribution >= 0.6 is 0 Å². The lowest BCUT2D eigenvalue weighted by atomic mass is 10.0. The van der Waals surface area contributed by atoms with Crippen LogP contribution in [0.2, 0.25) is 0 Å². The van der Waals surface area contributed by atoms with Gasteiger partial charge in [0.1, 0.15) is 0 Å². The fraction of sp³-hybridized carbons (Fsp3) is 0.750. The van der Waals surface area contributed by atoms with Crippen molar-refractivity contribution in [2.24, 2.45) is 0 Å². The van der Waals surface area contributed by atoms with Gasteiger partial charge in [-0.3, -0.25) is 4.68 Å². The highest BCUT2D eigenvalue weighted by Gasteiger charge is 2.31. The third-order valence-electron chi connectivity index (χ3n) is 3.32. The number of aryl methyl sites for hydroxylation is 1. The largest absolute Gasteiger partial charge is 0.373 e. The first-order valence-electron chi connectivity index (χ1n) is 6.10. The normalized spacial score (nSPS) is 27.2. The van der Waals surface area contributed by atoms with Gasteiger partial charge >= 0.3 is 0 Å². The second-order valence-electron chi connectivity index (χ2n) is 4.40. The highest BCUT2D eigenvalue weighted by molar-refractivity contribution is 5.10. The molecule has 4 heteroatoms. The lowest BCUT2D eigenvalue weighted by molar-refractivity contribution is 0.0314. The third-order valence-corrected chi connectivity index (χ3v) is 3.32. The maximum absolute atomic E-state index is 5.93. The summed E-state index contributed by atoms with van der Waals surface area (Å²) in [5.41, 5.74) is 1.23. The van der Waals surface area contributed by atoms with Crippen LogP contribution in [0, 0.1) is 0 Å². The molecule has 4 nitrogen and oxygen atoms in total. The van der Waals surface area contributed by atoms with Gasteiger partial charge in [0.25, 0.3) is 0 Å². The summed E-state index contributed by atoms with van der Waals surface area (Å²) in [5, 5.41) is 7.67. The first-order valence-corrected chi connectivity index (χ1v) is 6.10. The molecule has 1 fully saturated rings. The molecule has 0 aromatic carbocycles. The number of hydrogen-bond donors (Lipinski definition) is 1. The molecule has 0 saturated carbocycles. The smallest absolute Gasteiger partial charge is 0.0789 e. The van der Waals surface area contributed by atoms with E-state index in [2.05, 4.69) is 30.3 Å². The van der Waals surface area contributed by atoms with Crippen molar-refractivity contribution >= 4 is 0 Å². The number of nitrogens with zero attached hydrogens (tertiary/aromatic N) is 2. The van der Waals surface area contributed by atoms with Crippen LogP contribution < -0.4 is 5.32 Å². The molecule has 16 heavy (non-hydrogen) atoms. The number of likely N-dealkylation sites (N-methyl/N-ethyl adjacent to an activating group) is 1. The molecule has 1 aliphatic heterocycles. The summed E-state index contributed by atoms with van der Waals surface area (Å²) >= 11 is 0. The van der Waals surface area contributed by atoms with E-state index in [4.69, 9.17) is 4.74 Å². The van der Waals surface area contributed by atoms with E-state index in [0.29, 0.717) is 6.10 Å². The minimum Gasteiger partial charge on any atom is -0.373 e. The highest BCUT2D eigenvalue weighted by Crippen LogP contribution is 2.29. The average Bonchev–Trinajstić information content (AvgIpc) is 2.89. The third kappa shape index (κ3) is 2.13. The molecule has 2 rings (SSSR count). The monoisotopic (exact) mass is 223 g/mol. The Bertz CT molecular complexity index is 337. The Balaban J connectivity index is 2.16. The van der Waals surface area contributed by atoms with E-state index >= 15 is 0 Å². The van der Waals surface area contributed by atoms with Crippen molar-refractivity contribution in [2.75, 3.05) is 7.05 Å². The lowest BCUT2D eigenvalue weighted by Gasteiger charge is -2.23. The van der Waals surface area contributed by atoms with Gasteiger partial charge < -0.3 is 10.1 Å². The van der Waals surface area contributed by atoms with Gasteiger partial charge in [0.05, 0.1) is 23.9 Å². The molecule has 3 unspecified atom stereocenters. The van der Waals surface area contributed by atoms with Gasteiger partial charge in [-0.1, -0.05) is 0 Å². The zero-order valence-corrected chi connectivity index (χ0v) is 10.3. The molecule has 90 valence electrons. The van der Waals surface area contributed by atoms with Crippen molar-refractivity contribution < 1.29 is 4.74 Å². The molecule has 0 spiro atoms. The first-order chi connectivity index (χ1) is 7.76. The number of nitrogens with one attached hydrogen (secondary N) is 1. The quantitative estimate of drug-likeness (QED) is 0.845. The van der Waals surface area contributed by atoms with Gasteiger partial charge in [-0.25, -0.2) is 0 Å². The van der Waals surface area contributed by atoms with Crippen molar-refractivity contribution in [3.05, 3.63) is 18.0 Å². The topological polar surface area (TPSA) is 39.1 Å². The molecule has 0 bridgehead atoms. The number of ether oxygens (including phenoxy) is 1. The molecule has 1 aromatic heterocycles. The molecule has 0 radical (unpaired) electrons. The maximum atomic E-state index is 5.93. The van der Waals surface area contributed by atoms with Gasteiger partial charge in [-0.2, -0.15) is 5.10 Å². The van der Waals surface area contributed by atoms with Crippen LogP contribution in [0.15, 0.2) is 12.3 Å². The Morgan fingerprint density at radius 1 is 1.62 bits per heavy atom. The van der Waals surface area contributed by atoms with E-state index in [1.807, 2.05) is 17.9 Å². The fourth-order valence-electron chi connectivity index (χ4n) is 2.47. The summed E-state index contributed by atoms with van der Waals surface area (Å²) < 4.78 is 7.97.